The van der Waals surface area contributed by atoms with E-state index in [4.69, 9.17) is 9.84 Å². The molecule has 0 radical (unpaired) electrons. The summed E-state index contributed by atoms with van der Waals surface area (Å²) in [5.41, 5.74) is 0.473. The number of rotatable bonds is 6. The van der Waals surface area contributed by atoms with Crippen LogP contribution in [0.2, 0.25) is 0 Å². The zero-order valence-electron chi connectivity index (χ0n) is 13.9. The molecule has 132 valence electrons. The number of benzene rings is 1. The van der Waals surface area contributed by atoms with E-state index in [-0.39, 0.29) is 18.6 Å². The quantitative estimate of drug-likeness (QED) is 0.841. The molecule has 0 aliphatic heterocycles. The number of aliphatic carboxylic acids is 1. The van der Waals surface area contributed by atoms with Crippen LogP contribution < -0.4 is 10.1 Å². The van der Waals surface area contributed by atoms with Crippen LogP contribution in [-0.2, 0) is 11.3 Å². The van der Waals surface area contributed by atoms with Crippen LogP contribution in [0.5, 0.6) is 5.75 Å². The second-order valence-corrected chi connectivity index (χ2v) is 6.15. The molecule has 7 heteroatoms. The first-order valence-corrected chi connectivity index (χ1v) is 8.43. The van der Waals surface area contributed by atoms with Crippen LogP contribution in [0.1, 0.15) is 42.5 Å². The number of carbonyl (C=O) groups is 2. The van der Waals surface area contributed by atoms with E-state index in [1.807, 2.05) is 6.07 Å². The Morgan fingerprint density at radius 1 is 1.24 bits per heavy atom. The molecule has 1 aliphatic carbocycles. The van der Waals surface area contributed by atoms with Gasteiger partial charge in [0, 0.05) is 17.8 Å². The van der Waals surface area contributed by atoms with E-state index in [2.05, 4.69) is 10.4 Å². The largest absolute Gasteiger partial charge is 0.490 e. The van der Waals surface area contributed by atoms with Crippen molar-refractivity contribution in [1.82, 2.24) is 9.78 Å². The maximum Gasteiger partial charge on any atom is 0.325 e. The van der Waals surface area contributed by atoms with Crippen LogP contribution in [0.15, 0.2) is 36.5 Å². The van der Waals surface area contributed by atoms with Gasteiger partial charge in [0.2, 0.25) is 0 Å². The lowest BCUT2D eigenvalue weighted by molar-refractivity contribution is -0.137. The van der Waals surface area contributed by atoms with E-state index < -0.39 is 5.97 Å². The first kappa shape index (κ1) is 17.0. The predicted octanol–water partition coefficient (Wildman–Crippen LogP) is 2.93. The fraction of sp³-hybridized carbons (Fsp3) is 0.389. The van der Waals surface area contributed by atoms with Crippen molar-refractivity contribution in [3.63, 3.8) is 0 Å². The van der Waals surface area contributed by atoms with E-state index in [1.54, 1.807) is 24.3 Å². The first-order chi connectivity index (χ1) is 12.1. The van der Waals surface area contributed by atoms with Gasteiger partial charge in [0.15, 0.2) is 5.82 Å². The number of ether oxygens (including phenoxy) is 1. The molecular formula is C18H21N3O4. The van der Waals surface area contributed by atoms with Crippen molar-refractivity contribution >= 4 is 17.7 Å². The highest BCUT2D eigenvalue weighted by Gasteiger charge is 2.16. The van der Waals surface area contributed by atoms with E-state index in [9.17, 15) is 9.59 Å². The molecule has 1 aliphatic rings. The lowest BCUT2D eigenvalue weighted by Crippen LogP contribution is -2.20. The summed E-state index contributed by atoms with van der Waals surface area (Å²) in [4.78, 5) is 23.0. The Balaban J connectivity index is 1.62. The minimum absolute atomic E-state index is 0.221. The van der Waals surface area contributed by atoms with E-state index in [1.165, 1.54) is 30.1 Å². The van der Waals surface area contributed by atoms with Crippen LogP contribution in [-0.4, -0.2) is 32.9 Å². The fourth-order valence-electron chi connectivity index (χ4n) is 2.93. The van der Waals surface area contributed by atoms with Crippen molar-refractivity contribution in [2.24, 2.45) is 0 Å². The van der Waals surface area contributed by atoms with Crippen molar-refractivity contribution in [3.05, 3.63) is 42.1 Å². The lowest BCUT2D eigenvalue weighted by Gasteiger charge is -2.23. The minimum Gasteiger partial charge on any atom is -0.490 e. The van der Waals surface area contributed by atoms with Gasteiger partial charge in [-0.1, -0.05) is 12.5 Å². The van der Waals surface area contributed by atoms with Crippen LogP contribution in [0.4, 0.5) is 5.82 Å². The average Bonchev–Trinajstić information content (AvgIpc) is 3.02. The highest BCUT2D eigenvalue weighted by molar-refractivity contribution is 6.03. The summed E-state index contributed by atoms with van der Waals surface area (Å²) in [5.74, 6) is -0.302. The Hall–Kier alpha value is -2.83. The molecule has 2 aromatic rings. The summed E-state index contributed by atoms with van der Waals surface area (Å²) >= 11 is 0. The summed E-state index contributed by atoms with van der Waals surface area (Å²) in [7, 11) is 0. The van der Waals surface area contributed by atoms with Gasteiger partial charge in [-0.3, -0.25) is 14.3 Å². The molecule has 1 fully saturated rings. The van der Waals surface area contributed by atoms with Gasteiger partial charge in [0.25, 0.3) is 5.91 Å². The molecule has 25 heavy (non-hydrogen) atoms. The zero-order valence-corrected chi connectivity index (χ0v) is 13.9. The number of carbonyl (C=O) groups excluding carboxylic acids is 1. The van der Waals surface area contributed by atoms with Crippen LogP contribution >= 0.6 is 0 Å². The third-order valence-electron chi connectivity index (χ3n) is 4.13. The van der Waals surface area contributed by atoms with Gasteiger partial charge in [0.05, 0.1) is 6.10 Å². The molecular weight excluding hydrogens is 322 g/mol. The van der Waals surface area contributed by atoms with Crippen molar-refractivity contribution < 1.29 is 19.4 Å². The van der Waals surface area contributed by atoms with Gasteiger partial charge in [-0.15, -0.1) is 0 Å². The second kappa shape index (κ2) is 7.83. The third kappa shape index (κ3) is 4.82. The standard InChI is InChI=1S/C18H21N3O4/c22-17(23)12-21-10-9-16(20-21)19-18(24)13-5-4-8-15(11-13)25-14-6-2-1-3-7-14/h4-5,8-11,14H,1-3,6-7,12H2,(H,22,23)(H,19,20,24). The predicted molar refractivity (Wildman–Crippen MR) is 91.8 cm³/mol. The van der Waals surface area contributed by atoms with Crippen molar-refractivity contribution in [2.45, 2.75) is 44.8 Å². The number of hydrogen-bond donors (Lipinski definition) is 2. The van der Waals surface area contributed by atoms with E-state index in [0.717, 1.165) is 12.8 Å². The molecule has 0 unspecified atom stereocenters. The molecule has 0 spiro atoms. The molecule has 0 saturated heterocycles. The average molecular weight is 343 g/mol. The second-order valence-electron chi connectivity index (χ2n) is 6.15. The van der Waals surface area contributed by atoms with Crippen LogP contribution in [0, 0.1) is 0 Å². The van der Waals surface area contributed by atoms with Crippen LogP contribution in [0.3, 0.4) is 0 Å². The summed E-state index contributed by atoms with van der Waals surface area (Å²) in [6.45, 7) is -0.249. The van der Waals surface area contributed by atoms with Crippen molar-refractivity contribution in [2.75, 3.05) is 5.32 Å². The number of carboxylic acid groups (broad SMARTS) is 1. The number of nitrogens with one attached hydrogen (secondary N) is 1. The normalized spacial score (nSPS) is 14.9. The van der Waals surface area contributed by atoms with Crippen molar-refractivity contribution in [1.29, 1.82) is 0 Å². The van der Waals surface area contributed by atoms with E-state index in [0.29, 0.717) is 17.1 Å². The number of amides is 1. The Morgan fingerprint density at radius 3 is 2.80 bits per heavy atom. The van der Waals surface area contributed by atoms with Gasteiger partial charge >= 0.3 is 5.97 Å². The Labute approximate surface area is 145 Å². The summed E-state index contributed by atoms with van der Waals surface area (Å²) < 4.78 is 7.23. The highest BCUT2D eigenvalue weighted by Crippen LogP contribution is 2.24. The molecule has 1 aromatic heterocycles. The maximum absolute atomic E-state index is 12.4. The molecule has 0 bridgehead atoms. The number of nitrogens with zero attached hydrogens (tertiary/aromatic N) is 2. The van der Waals surface area contributed by atoms with Gasteiger partial charge < -0.3 is 15.2 Å². The smallest absolute Gasteiger partial charge is 0.325 e. The molecule has 2 N–H and O–H groups in total. The van der Waals surface area contributed by atoms with E-state index >= 15 is 0 Å². The SMILES string of the molecule is O=C(O)Cn1ccc(NC(=O)c2cccc(OC3CCCCC3)c2)n1. The third-order valence-corrected chi connectivity index (χ3v) is 4.13. The van der Waals surface area contributed by atoms with Crippen LogP contribution in [0.25, 0.3) is 0 Å². The summed E-state index contributed by atoms with van der Waals surface area (Å²) in [6.07, 6.45) is 7.46. The lowest BCUT2D eigenvalue weighted by atomic mass is 9.98. The number of anilines is 1. The Kier molecular flexibility index (Phi) is 5.33. The van der Waals surface area contributed by atoms with Gasteiger partial charge in [-0.05, 0) is 43.9 Å². The first-order valence-electron chi connectivity index (χ1n) is 8.43. The van der Waals surface area contributed by atoms with Gasteiger partial charge in [-0.25, -0.2) is 0 Å². The fourth-order valence-corrected chi connectivity index (χ4v) is 2.93. The van der Waals surface area contributed by atoms with Crippen molar-refractivity contribution in [3.8, 4) is 5.75 Å². The number of carboxylic acids is 1. The molecule has 1 aromatic carbocycles. The Morgan fingerprint density at radius 2 is 2.04 bits per heavy atom. The number of hydrogen-bond acceptors (Lipinski definition) is 4. The monoisotopic (exact) mass is 343 g/mol. The Bertz CT molecular complexity index is 750. The maximum atomic E-state index is 12.4. The molecule has 1 saturated carbocycles. The number of aromatic nitrogens is 2. The molecule has 0 atom stereocenters. The summed E-state index contributed by atoms with van der Waals surface area (Å²) in [5, 5.41) is 15.4. The minimum atomic E-state index is -0.992. The molecule has 1 heterocycles. The van der Waals surface area contributed by atoms with Gasteiger partial charge in [0.1, 0.15) is 12.3 Å². The summed E-state index contributed by atoms with van der Waals surface area (Å²) in [6, 6.07) is 8.63. The van der Waals surface area contributed by atoms with Gasteiger partial charge in [-0.2, -0.15) is 5.10 Å². The highest BCUT2D eigenvalue weighted by atomic mass is 16.5. The topological polar surface area (TPSA) is 93.5 Å². The molecule has 7 nitrogen and oxygen atoms in total. The molecule has 1 amide bonds. The molecule has 3 rings (SSSR count). The zero-order chi connectivity index (χ0) is 17.6.